The Morgan fingerprint density at radius 2 is 1.29 bits per heavy atom. The molecule has 0 aromatic carbocycles. The molecule has 0 saturated carbocycles. The summed E-state index contributed by atoms with van der Waals surface area (Å²) >= 11 is 0. The number of carbonyl (C=O) groups is 3. The van der Waals surface area contributed by atoms with E-state index in [-0.39, 0.29) is 37.8 Å². The van der Waals surface area contributed by atoms with Crippen molar-refractivity contribution < 1.29 is 38.1 Å². The Kier molecular flexibility index (Phi) is 9.48. The highest BCUT2D eigenvalue weighted by Gasteiger charge is 2.10. The van der Waals surface area contributed by atoms with Gasteiger partial charge in [-0.2, -0.15) is 0 Å². The van der Waals surface area contributed by atoms with Crippen molar-refractivity contribution in [2.45, 2.75) is 0 Å². The highest BCUT2D eigenvalue weighted by atomic mass is 16.7. The number of rotatable bonds is 10. The van der Waals surface area contributed by atoms with Crippen molar-refractivity contribution >= 4 is 17.9 Å². The first-order chi connectivity index (χ1) is 9.92. The van der Waals surface area contributed by atoms with E-state index in [1.54, 1.807) is 0 Å². The van der Waals surface area contributed by atoms with Crippen LogP contribution in [0.2, 0.25) is 0 Å². The molecule has 118 valence electrons. The maximum absolute atomic E-state index is 11.2. The van der Waals surface area contributed by atoms with E-state index < -0.39 is 17.9 Å². The van der Waals surface area contributed by atoms with Crippen LogP contribution in [-0.2, 0) is 38.1 Å². The molecule has 0 aliphatic heterocycles. The van der Waals surface area contributed by atoms with Crippen molar-refractivity contribution in [3.05, 3.63) is 24.3 Å². The molecule has 0 atom stereocenters. The molecule has 0 bridgehead atoms. The number of esters is 3. The van der Waals surface area contributed by atoms with Crippen molar-refractivity contribution in [1.29, 1.82) is 0 Å². The minimum atomic E-state index is -0.699. The Morgan fingerprint density at radius 3 is 1.81 bits per heavy atom. The van der Waals surface area contributed by atoms with Crippen molar-refractivity contribution in [2.24, 2.45) is 0 Å². The van der Waals surface area contributed by atoms with Gasteiger partial charge in [-0.25, -0.2) is 14.4 Å². The molecule has 0 aliphatic carbocycles. The first-order valence-electron chi connectivity index (χ1n) is 5.75. The molecule has 0 amide bonds. The van der Waals surface area contributed by atoms with E-state index >= 15 is 0 Å². The van der Waals surface area contributed by atoms with Crippen LogP contribution in [0.3, 0.4) is 0 Å². The van der Waals surface area contributed by atoms with Gasteiger partial charge in [-0.15, -0.1) is 0 Å². The van der Waals surface area contributed by atoms with E-state index in [0.717, 1.165) is 0 Å². The van der Waals surface area contributed by atoms with Crippen LogP contribution >= 0.6 is 0 Å². The van der Waals surface area contributed by atoms with E-state index in [0.29, 0.717) is 0 Å². The second-order valence-corrected chi connectivity index (χ2v) is 3.67. The summed E-state index contributed by atoms with van der Waals surface area (Å²) < 4.78 is 23.3. The van der Waals surface area contributed by atoms with Crippen molar-refractivity contribution in [3.63, 3.8) is 0 Å². The topological polar surface area (TPSA) is 97.4 Å². The Morgan fingerprint density at radius 1 is 0.810 bits per heavy atom. The number of ether oxygens (including phenoxy) is 5. The summed E-state index contributed by atoms with van der Waals surface area (Å²) in [6, 6.07) is 0. The van der Waals surface area contributed by atoms with E-state index in [4.69, 9.17) is 14.2 Å². The fourth-order valence-corrected chi connectivity index (χ4v) is 0.965. The summed E-state index contributed by atoms with van der Waals surface area (Å²) in [5.41, 5.74) is 0.134. The predicted octanol–water partition coefficient (Wildman–Crippen LogP) is -0.0213. The third kappa shape index (κ3) is 8.56. The fourth-order valence-electron chi connectivity index (χ4n) is 0.965. The van der Waals surface area contributed by atoms with Gasteiger partial charge in [-0.05, 0) is 0 Å². The Balaban J connectivity index is 3.67. The lowest BCUT2D eigenvalue weighted by Gasteiger charge is -2.08. The smallest absolute Gasteiger partial charge is 0.336 e. The van der Waals surface area contributed by atoms with Gasteiger partial charge >= 0.3 is 17.9 Å². The van der Waals surface area contributed by atoms with Crippen molar-refractivity contribution in [2.75, 3.05) is 40.8 Å². The Labute approximate surface area is 122 Å². The molecule has 0 aromatic rings. The van der Waals surface area contributed by atoms with Crippen LogP contribution in [0.15, 0.2) is 24.3 Å². The lowest BCUT2D eigenvalue weighted by molar-refractivity contribution is -0.154. The van der Waals surface area contributed by atoms with Gasteiger partial charge in [0.2, 0.25) is 0 Å². The molecule has 0 heterocycles. The van der Waals surface area contributed by atoms with Crippen LogP contribution in [0, 0.1) is 0 Å². The van der Waals surface area contributed by atoms with Crippen molar-refractivity contribution in [1.82, 2.24) is 0 Å². The molecule has 0 aromatic heterocycles. The summed E-state index contributed by atoms with van der Waals surface area (Å²) in [7, 11) is 2.42. The summed E-state index contributed by atoms with van der Waals surface area (Å²) in [4.78, 5) is 33.1. The molecule has 0 fully saturated rings. The standard InChI is InChI=1S/C13H18O8/c1-9(12(15)17-3)5-19-8-20-7-11(14)21-6-10(2)13(16)18-4/h1-2,5-8H2,3-4H3. The molecule has 0 unspecified atom stereocenters. The minimum absolute atomic E-state index is 0.0106. The fraction of sp³-hybridized carbons (Fsp3) is 0.462. The molecule has 0 spiro atoms. The third-order valence-electron chi connectivity index (χ3n) is 2.02. The van der Waals surface area contributed by atoms with E-state index in [9.17, 15) is 14.4 Å². The molecule has 0 aliphatic rings. The summed E-state index contributed by atoms with van der Waals surface area (Å²) in [5.74, 6) is -1.94. The first-order valence-corrected chi connectivity index (χ1v) is 5.75. The number of methoxy groups -OCH3 is 2. The molecule has 0 rings (SSSR count). The SMILES string of the molecule is C=C(COCOCC(=O)OCC(=C)C(=O)OC)C(=O)OC. The predicted molar refractivity (Wildman–Crippen MR) is 70.0 cm³/mol. The van der Waals surface area contributed by atoms with Gasteiger partial charge in [0.15, 0.2) is 0 Å². The van der Waals surface area contributed by atoms with Gasteiger partial charge in [0, 0.05) is 0 Å². The molecule has 8 heteroatoms. The second kappa shape index (κ2) is 10.6. The molecular formula is C13H18O8. The summed E-state index contributed by atoms with van der Waals surface area (Å²) in [6.45, 7) is 5.84. The molecule has 21 heavy (non-hydrogen) atoms. The average molecular weight is 302 g/mol. The average Bonchev–Trinajstić information content (AvgIpc) is 2.50. The number of carbonyl (C=O) groups excluding carboxylic acids is 3. The Bertz CT molecular complexity index is 412. The van der Waals surface area contributed by atoms with Gasteiger partial charge in [-0.1, -0.05) is 13.2 Å². The summed E-state index contributed by atoms with van der Waals surface area (Å²) in [5, 5.41) is 0. The van der Waals surface area contributed by atoms with Crippen LogP contribution in [0.1, 0.15) is 0 Å². The third-order valence-corrected chi connectivity index (χ3v) is 2.02. The normalized spacial score (nSPS) is 9.62. The minimum Gasteiger partial charge on any atom is -0.466 e. The van der Waals surface area contributed by atoms with Gasteiger partial charge < -0.3 is 23.7 Å². The van der Waals surface area contributed by atoms with Crippen LogP contribution in [0.4, 0.5) is 0 Å². The molecule has 0 N–H and O–H groups in total. The maximum atomic E-state index is 11.2. The van der Waals surface area contributed by atoms with Crippen LogP contribution in [-0.4, -0.2) is 58.7 Å². The van der Waals surface area contributed by atoms with Gasteiger partial charge in [0.25, 0.3) is 0 Å². The lowest BCUT2D eigenvalue weighted by atomic mass is 10.3. The zero-order valence-corrected chi connectivity index (χ0v) is 12.0. The molecule has 0 radical (unpaired) electrons. The van der Waals surface area contributed by atoms with Crippen LogP contribution in [0.5, 0.6) is 0 Å². The van der Waals surface area contributed by atoms with Gasteiger partial charge in [0.1, 0.15) is 20.0 Å². The van der Waals surface area contributed by atoms with Crippen molar-refractivity contribution in [3.8, 4) is 0 Å². The van der Waals surface area contributed by atoms with E-state index in [2.05, 4.69) is 22.6 Å². The highest BCUT2D eigenvalue weighted by molar-refractivity contribution is 5.88. The number of hydrogen-bond donors (Lipinski definition) is 0. The van der Waals surface area contributed by atoms with Gasteiger partial charge in [0.05, 0.1) is 32.0 Å². The maximum Gasteiger partial charge on any atom is 0.336 e. The first kappa shape index (κ1) is 18.8. The zero-order chi connectivity index (χ0) is 16.3. The lowest BCUT2D eigenvalue weighted by Crippen LogP contribution is -2.18. The van der Waals surface area contributed by atoms with E-state index in [1.807, 2.05) is 0 Å². The Hall–Kier alpha value is -2.19. The molecular weight excluding hydrogens is 284 g/mol. The van der Waals surface area contributed by atoms with E-state index in [1.165, 1.54) is 14.2 Å². The zero-order valence-electron chi connectivity index (χ0n) is 12.0. The largest absolute Gasteiger partial charge is 0.466 e. The summed E-state index contributed by atoms with van der Waals surface area (Å²) in [6.07, 6.45) is 0. The number of hydrogen-bond acceptors (Lipinski definition) is 8. The van der Waals surface area contributed by atoms with Crippen LogP contribution < -0.4 is 0 Å². The quantitative estimate of drug-likeness (QED) is 0.182. The molecule has 8 nitrogen and oxygen atoms in total. The second-order valence-electron chi connectivity index (χ2n) is 3.67. The highest BCUT2D eigenvalue weighted by Crippen LogP contribution is 1.97. The van der Waals surface area contributed by atoms with Crippen LogP contribution in [0.25, 0.3) is 0 Å². The monoisotopic (exact) mass is 302 g/mol. The van der Waals surface area contributed by atoms with Gasteiger partial charge in [-0.3, -0.25) is 0 Å². The molecule has 0 saturated heterocycles.